The van der Waals surface area contributed by atoms with E-state index in [1.165, 1.54) is 0 Å². The maximum absolute atomic E-state index is 13.9. The Hall–Kier alpha value is -4.39. The van der Waals surface area contributed by atoms with Gasteiger partial charge in [0, 0.05) is 19.2 Å². The van der Waals surface area contributed by atoms with Crippen LogP contribution in [0.15, 0.2) is 71.3 Å². The molecule has 3 aromatic rings. The lowest BCUT2D eigenvalue weighted by Crippen LogP contribution is -2.57. The first kappa shape index (κ1) is 35.9. The molecule has 3 heterocycles. The molecule has 2 fully saturated rings. The first-order valence-corrected chi connectivity index (χ1v) is 17.0. The van der Waals surface area contributed by atoms with E-state index in [4.69, 9.17) is 14.0 Å². The Labute approximate surface area is 287 Å². The maximum atomic E-state index is 13.9. The van der Waals surface area contributed by atoms with Gasteiger partial charge in [-0.3, -0.25) is 24.1 Å². The third-order valence-corrected chi connectivity index (χ3v) is 8.82. The third kappa shape index (κ3) is 10.5. The van der Waals surface area contributed by atoms with Gasteiger partial charge in [0.1, 0.15) is 17.7 Å². The standard InChI is InChI=1S/C37H47N5O7/c1-25(2)20-31(35(45)39-30(33(43)37(3)24-48-37)21-27-12-8-5-9-13-27)40-34(44)29(15-14-26-10-6-4-7-11-26)38-36(46)32-22-28(49-41-32)23-42-16-18-47-19-17-42/h4-13,22,25,29-31H,14-21,23-24H2,1-3H3,(H,38,46)(H,39,45)(H,40,44). The van der Waals surface area contributed by atoms with Gasteiger partial charge in [-0.25, -0.2) is 0 Å². The van der Waals surface area contributed by atoms with Gasteiger partial charge < -0.3 is 29.9 Å². The summed E-state index contributed by atoms with van der Waals surface area (Å²) in [5.41, 5.74) is 1.01. The second kappa shape index (κ2) is 16.8. The molecule has 2 aliphatic heterocycles. The van der Waals surface area contributed by atoms with Crippen LogP contribution in [-0.4, -0.2) is 90.2 Å². The van der Waals surface area contributed by atoms with Crippen LogP contribution in [0, 0.1) is 5.92 Å². The second-order valence-electron chi connectivity index (χ2n) is 13.4. The van der Waals surface area contributed by atoms with Gasteiger partial charge in [0.25, 0.3) is 5.91 Å². The largest absolute Gasteiger partial charge is 0.379 e. The van der Waals surface area contributed by atoms with Crippen LogP contribution in [0.25, 0.3) is 0 Å². The van der Waals surface area contributed by atoms with Gasteiger partial charge in [-0.15, -0.1) is 0 Å². The summed E-state index contributed by atoms with van der Waals surface area (Å²) in [4.78, 5) is 56.7. The zero-order valence-electron chi connectivity index (χ0n) is 28.5. The van der Waals surface area contributed by atoms with Crippen molar-refractivity contribution in [2.75, 3.05) is 32.9 Å². The number of carbonyl (C=O) groups is 4. The number of nitrogens with zero attached hydrogens (tertiary/aromatic N) is 2. The van der Waals surface area contributed by atoms with Crippen LogP contribution in [0.2, 0.25) is 0 Å². The van der Waals surface area contributed by atoms with E-state index < -0.39 is 41.4 Å². The zero-order valence-corrected chi connectivity index (χ0v) is 28.5. The van der Waals surface area contributed by atoms with E-state index in [2.05, 4.69) is 26.0 Å². The van der Waals surface area contributed by atoms with Crippen LogP contribution < -0.4 is 16.0 Å². The van der Waals surface area contributed by atoms with Crippen molar-refractivity contribution in [2.24, 2.45) is 5.92 Å². The normalized spacial score (nSPS) is 19.4. The van der Waals surface area contributed by atoms with E-state index in [9.17, 15) is 19.2 Å². The molecule has 2 saturated heterocycles. The van der Waals surface area contributed by atoms with Crippen LogP contribution in [0.4, 0.5) is 0 Å². The highest BCUT2D eigenvalue weighted by Crippen LogP contribution is 2.29. The molecule has 0 bridgehead atoms. The molecule has 0 spiro atoms. The van der Waals surface area contributed by atoms with Gasteiger partial charge in [-0.1, -0.05) is 79.7 Å². The van der Waals surface area contributed by atoms with E-state index >= 15 is 0 Å². The number of rotatable bonds is 17. The lowest BCUT2D eigenvalue weighted by atomic mass is 9.94. The zero-order chi connectivity index (χ0) is 34.8. The van der Waals surface area contributed by atoms with Crippen LogP contribution in [0.5, 0.6) is 0 Å². The van der Waals surface area contributed by atoms with Crippen molar-refractivity contribution in [1.29, 1.82) is 0 Å². The summed E-state index contributed by atoms with van der Waals surface area (Å²) in [6.07, 6.45) is 1.40. The van der Waals surface area contributed by atoms with Crippen molar-refractivity contribution in [3.63, 3.8) is 0 Å². The molecule has 5 rings (SSSR count). The van der Waals surface area contributed by atoms with Gasteiger partial charge in [-0.2, -0.15) is 0 Å². The van der Waals surface area contributed by atoms with Crippen molar-refractivity contribution in [3.8, 4) is 0 Å². The molecule has 0 aliphatic carbocycles. The Bertz CT molecular complexity index is 1550. The van der Waals surface area contributed by atoms with Gasteiger partial charge in [0.2, 0.25) is 11.8 Å². The lowest BCUT2D eigenvalue weighted by molar-refractivity contribution is -0.133. The first-order chi connectivity index (χ1) is 23.6. The number of amides is 3. The number of aryl methyl sites for hydroxylation is 1. The third-order valence-electron chi connectivity index (χ3n) is 8.82. The lowest BCUT2D eigenvalue weighted by Gasteiger charge is -2.27. The van der Waals surface area contributed by atoms with Gasteiger partial charge >= 0.3 is 0 Å². The minimum atomic E-state index is -0.977. The summed E-state index contributed by atoms with van der Waals surface area (Å²) in [7, 11) is 0. The molecule has 3 amide bonds. The average molecular weight is 674 g/mol. The molecule has 49 heavy (non-hydrogen) atoms. The molecule has 3 N–H and O–H groups in total. The molecule has 2 aromatic carbocycles. The number of Topliss-reactive ketones (excluding diaryl/α,β-unsaturated/α-hetero) is 1. The fraction of sp³-hybridized carbons (Fsp3) is 0.486. The molecular formula is C37H47N5O7. The van der Waals surface area contributed by atoms with E-state index in [0.717, 1.165) is 24.2 Å². The highest BCUT2D eigenvalue weighted by molar-refractivity contribution is 5.99. The number of carbonyl (C=O) groups excluding carboxylic acids is 4. The van der Waals surface area contributed by atoms with Crippen LogP contribution in [0.1, 0.15) is 61.0 Å². The highest BCUT2D eigenvalue weighted by Gasteiger charge is 2.50. The summed E-state index contributed by atoms with van der Waals surface area (Å²) in [6, 6.07) is 17.9. The number of benzene rings is 2. The molecule has 12 heteroatoms. The molecule has 0 saturated carbocycles. The molecule has 4 atom stereocenters. The van der Waals surface area contributed by atoms with Crippen LogP contribution in [0.3, 0.4) is 0 Å². The monoisotopic (exact) mass is 673 g/mol. The van der Waals surface area contributed by atoms with Crippen molar-refractivity contribution in [2.45, 2.75) is 76.7 Å². The predicted octanol–water partition coefficient (Wildman–Crippen LogP) is 2.85. The fourth-order valence-electron chi connectivity index (χ4n) is 5.86. The van der Waals surface area contributed by atoms with Gasteiger partial charge in [0.05, 0.1) is 32.4 Å². The van der Waals surface area contributed by atoms with Crippen molar-refractivity contribution in [1.82, 2.24) is 26.0 Å². The summed E-state index contributed by atoms with van der Waals surface area (Å²) in [6.45, 7) is 9.17. The smallest absolute Gasteiger partial charge is 0.274 e. The molecule has 0 radical (unpaired) electrons. The molecular weight excluding hydrogens is 626 g/mol. The van der Waals surface area contributed by atoms with E-state index in [1.807, 2.05) is 74.5 Å². The Morgan fingerprint density at radius 3 is 2.10 bits per heavy atom. The van der Waals surface area contributed by atoms with E-state index in [-0.39, 0.29) is 30.2 Å². The number of epoxide rings is 1. The Balaban J connectivity index is 1.29. The number of hydrogen-bond donors (Lipinski definition) is 3. The van der Waals surface area contributed by atoms with Crippen LogP contribution >= 0.6 is 0 Å². The topological polar surface area (TPSA) is 155 Å². The van der Waals surface area contributed by atoms with Gasteiger partial charge in [0.15, 0.2) is 17.2 Å². The number of nitrogens with one attached hydrogen (secondary N) is 3. The minimum Gasteiger partial charge on any atom is -0.379 e. The Kier molecular flexibility index (Phi) is 12.3. The number of morpholine rings is 1. The van der Waals surface area contributed by atoms with Crippen molar-refractivity contribution >= 4 is 23.5 Å². The predicted molar refractivity (Wildman–Crippen MR) is 181 cm³/mol. The molecule has 4 unspecified atom stereocenters. The second-order valence-corrected chi connectivity index (χ2v) is 13.4. The van der Waals surface area contributed by atoms with Gasteiger partial charge in [-0.05, 0) is 49.7 Å². The van der Waals surface area contributed by atoms with E-state index in [0.29, 0.717) is 45.0 Å². The minimum absolute atomic E-state index is 0.0426. The molecule has 2 aliphatic rings. The first-order valence-electron chi connectivity index (χ1n) is 17.0. The number of hydrogen-bond acceptors (Lipinski definition) is 9. The van der Waals surface area contributed by atoms with Crippen LogP contribution in [-0.2, 0) is 43.2 Å². The average Bonchev–Trinajstić information content (AvgIpc) is 3.68. The summed E-state index contributed by atoms with van der Waals surface area (Å²) in [5.74, 6) is -1.17. The SMILES string of the molecule is CC(C)CC(NC(=O)C(CCc1ccccc1)NC(=O)c1cc(CN2CCOCC2)on1)C(=O)NC(Cc1ccccc1)C(=O)C1(C)CO1. The molecule has 12 nitrogen and oxygen atoms in total. The Morgan fingerprint density at radius 1 is 0.857 bits per heavy atom. The number of aromatic nitrogens is 1. The molecule has 262 valence electrons. The van der Waals surface area contributed by atoms with Crippen molar-refractivity contribution < 1.29 is 33.2 Å². The number of ether oxygens (including phenoxy) is 2. The fourth-order valence-corrected chi connectivity index (χ4v) is 5.86. The summed E-state index contributed by atoms with van der Waals surface area (Å²) in [5, 5.41) is 12.6. The summed E-state index contributed by atoms with van der Waals surface area (Å²) >= 11 is 0. The maximum Gasteiger partial charge on any atom is 0.274 e. The van der Waals surface area contributed by atoms with Crippen molar-refractivity contribution in [3.05, 3.63) is 89.3 Å². The quantitative estimate of drug-likeness (QED) is 0.184. The number of ketones is 1. The summed E-state index contributed by atoms with van der Waals surface area (Å²) < 4.78 is 16.3. The highest BCUT2D eigenvalue weighted by atomic mass is 16.6. The Morgan fingerprint density at radius 2 is 1.47 bits per heavy atom. The van der Waals surface area contributed by atoms with E-state index in [1.54, 1.807) is 13.0 Å². The molecule has 1 aromatic heterocycles.